The van der Waals surface area contributed by atoms with Gasteiger partial charge in [0, 0.05) is 32.5 Å². The van der Waals surface area contributed by atoms with E-state index in [1.807, 2.05) is 4.90 Å². The van der Waals surface area contributed by atoms with E-state index < -0.39 is 0 Å². The lowest BCUT2D eigenvalue weighted by molar-refractivity contribution is -0.131. The van der Waals surface area contributed by atoms with Gasteiger partial charge in [-0.15, -0.1) is 0 Å². The Morgan fingerprint density at radius 1 is 1.50 bits per heavy atom. The Bertz CT molecular complexity index is 312. The average Bonchev–Trinajstić information content (AvgIpc) is 2.66. The van der Waals surface area contributed by atoms with Gasteiger partial charge in [-0.05, 0) is 18.8 Å². The van der Waals surface area contributed by atoms with Crippen LogP contribution in [0.1, 0.15) is 25.7 Å². The minimum Gasteiger partial charge on any atom is -0.354 e. The maximum atomic E-state index is 12.0. The Morgan fingerprint density at radius 2 is 2.38 bits per heavy atom. The van der Waals surface area contributed by atoms with Gasteiger partial charge in [-0.3, -0.25) is 9.59 Å². The van der Waals surface area contributed by atoms with Crippen LogP contribution in [0.15, 0.2) is 12.2 Å². The molecule has 0 aromatic carbocycles. The number of hydrogen-bond acceptors (Lipinski definition) is 2. The summed E-state index contributed by atoms with van der Waals surface area (Å²) < 4.78 is 0. The summed E-state index contributed by atoms with van der Waals surface area (Å²) in [5.74, 6) is 0.656. The van der Waals surface area contributed by atoms with Crippen LogP contribution in [0.3, 0.4) is 0 Å². The van der Waals surface area contributed by atoms with Crippen LogP contribution in [-0.2, 0) is 9.59 Å². The maximum absolute atomic E-state index is 12.0. The SMILES string of the molecule is O=C1CCN(C(=O)CC2C=CCC2)CCN1. The van der Waals surface area contributed by atoms with Crippen molar-refractivity contribution >= 4 is 11.8 Å². The zero-order valence-corrected chi connectivity index (χ0v) is 9.45. The van der Waals surface area contributed by atoms with Crippen LogP contribution in [0.2, 0.25) is 0 Å². The molecule has 88 valence electrons. The lowest BCUT2D eigenvalue weighted by Gasteiger charge is -2.20. The van der Waals surface area contributed by atoms with Gasteiger partial charge in [-0.2, -0.15) is 0 Å². The highest BCUT2D eigenvalue weighted by molar-refractivity contribution is 5.80. The fourth-order valence-electron chi connectivity index (χ4n) is 2.24. The average molecular weight is 222 g/mol. The highest BCUT2D eigenvalue weighted by atomic mass is 16.2. The molecule has 0 bridgehead atoms. The monoisotopic (exact) mass is 222 g/mol. The molecule has 1 atom stereocenters. The predicted molar refractivity (Wildman–Crippen MR) is 60.7 cm³/mol. The molecule has 1 heterocycles. The minimum absolute atomic E-state index is 0.0519. The Hall–Kier alpha value is -1.32. The molecular weight excluding hydrogens is 204 g/mol. The van der Waals surface area contributed by atoms with Crippen LogP contribution < -0.4 is 5.32 Å². The number of nitrogens with zero attached hydrogens (tertiary/aromatic N) is 1. The summed E-state index contributed by atoms with van der Waals surface area (Å²) in [7, 11) is 0. The second-order valence-electron chi connectivity index (χ2n) is 4.45. The molecule has 1 unspecified atom stereocenters. The van der Waals surface area contributed by atoms with Crippen molar-refractivity contribution in [3.63, 3.8) is 0 Å². The van der Waals surface area contributed by atoms with Crippen LogP contribution in [-0.4, -0.2) is 36.3 Å². The molecule has 2 aliphatic rings. The van der Waals surface area contributed by atoms with Gasteiger partial charge in [0.05, 0.1) is 0 Å². The molecule has 4 nitrogen and oxygen atoms in total. The molecule has 2 amide bonds. The summed E-state index contributed by atoms with van der Waals surface area (Å²) in [5.41, 5.74) is 0. The molecule has 1 N–H and O–H groups in total. The van der Waals surface area contributed by atoms with Gasteiger partial charge in [0.1, 0.15) is 0 Å². The zero-order chi connectivity index (χ0) is 11.4. The normalized spacial score (nSPS) is 25.4. The van der Waals surface area contributed by atoms with E-state index in [-0.39, 0.29) is 11.8 Å². The molecule has 0 radical (unpaired) electrons. The Labute approximate surface area is 95.7 Å². The lowest BCUT2D eigenvalue weighted by atomic mass is 10.0. The molecule has 2 rings (SSSR count). The largest absolute Gasteiger partial charge is 0.354 e. The van der Waals surface area contributed by atoms with Gasteiger partial charge in [-0.25, -0.2) is 0 Å². The van der Waals surface area contributed by atoms with Crippen LogP contribution >= 0.6 is 0 Å². The molecule has 4 heteroatoms. The van der Waals surface area contributed by atoms with E-state index in [0.29, 0.717) is 38.4 Å². The third-order valence-corrected chi connectivity index (χ3v) is 3.21. The second-order valence-corrected chi connectivity index (χ2v) is 4.45. The van der Waals surface area contributed by atoms with E-state index in [2.05, 4.69) is 17.5 Å². The molecule has 0 spiro atoms. The summed E-state index contributed by atoms with van der Waals surface area (Å²) in [5, 5.41) is 2.78. The van der Waals surface area contributed by atoms with E-state index >= 15 is 0 Å². The number of allylic oxidation sites excluding steroid dienone is 2. The first kappa shape index (κ1) is 11.2. The van der Waals surface area contributed by atoms with Crippen molar-refractivity contribution in [2.45, 2.75) is 25.7 Å². The first-order valence-electron chi connectivity index (χ1n) is 5.97. The summed E-state index contributed by atoms with van der Waals surface area (Å²) >= 11 is 0. The zero-order valence-electron chi connectivity index (χ0n) is 9.45. The van der Waals surface area contributed by atoms with Crippen molar-refractivity contribution in [1.82, 2.24) is 10.2 Å². The first-order valence-corrected chi connectivity index (χ1v) is 5.97. The summed E-state index contributed by atoms with van der Waals surface area (Å²) in [6, 6.07) is 0. The van der Waals surface area contributed by atoms with E-state index in [1.165, 1.54) is 0 Å². The van der Waals surface area contributed by atoms with Gasteiger partial charge in [0.15, 0.2) is 0 Å². The van der Waals surface area contributed by atoms with Crippen LogP contribution in [0.5, 0.6) is 0 Å². The molecular formula is C12H18N2O2. The van der Waals surface area contributed by atoms with Gasteiger partial charge >= 0.3 is 0 Å². The summed E-state index contributed by atoms with van der Waals surface area (Å²) in [4.78, 5) is 24.9. The van der Waals surface area contributed by atoms with Gasteiger partial charge in [0.2, 0.25) is 11.8 Å². The lowest BCUT2D eigenvalue weighted by Crippen LogP contribution is -2.34. The molecule has 0 saturated carbocycles. The quantitative estimate of drug-likeness (QED) is 0.699. The standard InChI is InChI=1S/C12H18N2O2/c15-11-5-7-14(8-6-13-11)12(16)9-10-3-1-2-4-10/h1,3,10H,2,4-9H2,(H,13,15). The third kappa shape index (κ3) is 2.84. The number of hydrogen-bond donors (Lipinski definition) is 1. The molecule has 1 aliphatic carbocycles. The topological polar surface area (TPSA) is 49.4 Å². The molecule has 0 aromatic heterocycles. The number of rotatable bonds is 2. The van der Waals surface area contributed by atoms with Crippen molar-refractivity contribution in [2.24, 2.45) is 5.92 Å². The molecule has 1 saturated heterocycles. The first-order chi connectivity index (χ1) is 7.75. The maximum Gasteiger partial charge on any atom is 0.223 e. The van der Waals surface area contributed by atoms with Crippen molar-refractivity contribution in [2.75, 3.05) is 19.6 Å². The Balaban J connectivity index is 1.83. The van der Waals surface area contributed by atoms with E-state index in [4.69, 9.17) is 0 Å². The van der Waals surface area contributed by atoms with Crippen molar-refractivity contribution in [3.05, 3.63) is 12.2 Å². The van der Waals surface area contributed by atoms with Crippen LogP contribution in [0.25, 0.3) is 0 Å². The number of amides is 2. The molecule has 1 aliphatic heterocycles. The van der Waals surface area contributed by atoms with Gasteiger partial charge < -0.3 is 10.2 Å². The summed E-state index contributed by atoms with van der Waals surface area (Å²) in [6.07, 6.45) is 7.51. The smallest absolute Gasteiger partial charge is 0.223 e. The fourth-order valence-corrected chi connectivity index (χ4v) is 2.24. The third-order valence-electron chi connectivity index (χ3n) is 3.21. The molecule has 16 heavy (non-hydrogen) atoms. The van der Waals surface area contributed by atoms with Crippen LogP contribution in [0, 0.1) is 5.92 Å². The van der Waals surface area contributed by atoms with Crippen molar-refractivity contribution < 1.29 is 9.59 Å². The van der Waals surface area contributed by atoms with Crippen molar-refractivity contribution in [1.29, 1.82) is 0 Å². The predicted octanol–water partition coefficient (Wildman–Crippen LogP) is 0.691. The van der Waals surface area contributed by atoms with Gasteiger partial charge in [-0.1, -0.05) is 12.2 Å². The highest BCUT2D eigenvalue weighted by Crippen LogP contribution is 2.21. The van der Waals surface area contributed by atoms with E-state index in [0.717, 1.165) is 12.8 Å². The molecule has 1 fully saturated rings. The minimum atomic E-state index is 0.0519. The highest BCUT2D eigenvalue weighted by Gasteiger charge is 2.21. The fraction of sp³-hybridized carbons (Fsp3) is 0.667. The Kier molecular flexibility index (Phi) is 3.59. The number of carbonyl (C=O) groups excluding carboxylic acids is 2. The van der Waals surface area contributed by atoms with Gasteiger partial charge in [0.25, 0.3) is 0 Å². The van der Waals surface area contributed by atoms with E-state index in [9.17, 15) is 9.59 Å². The molecule has 0 aromatic rings. The van der Waals surface area contributed by atoms with E-state index in [1.54, 1.807) is 0 Å². The Morgan fingerprint density at radius 3 is 3.12 bits per heavy atom. The second kappa shape index (κ2) is 5.14. The number of carbonyl (C=O) groups is 2. The van der Waals surface area contributed by atoms with Crippen LogP contribution in [0.4, 0.5) is 0 Å². The summed E-state index contributed by atoms with van der Waals surface area (Å²) in [6.45, 7) is 1.81. The number of nitrogens with one attached hydrogen (secondary N) is 1. The van der Waals surface area contributed by atoms with Crippen molar-refractivity contribution in [3.8, 4) is 0 Å².